The lowest BCUT2D eigenvalue weighted by Gasteiger charge is -2.27. The second-order valence-corrected chi connectivity index (χ2v) is 8.08. The summed E-state index contributed by atoms with van der Waals surface area (Å²) < 4.78 is 26.0. The highest BCUT2D eigenvalue weighted by Gasteiger charge is 2.38. The molecule has 126 valence electrons. The van der Waals surface area contributed by atoms with Crippen molar-refractivity contribution in [1.29, 1.82) is 0 Å². The van der Waals surface area contributed by atoms with Crippen molar-refractivity contribution in [1.82, 2.24) is 0 Å². The summed E-state index contributed by atoms with van der Waals surface area (Å²) in [5.41, 5.74) is 1.53. The Morgan fingerprint density at radius 2 is 1.31 bits per heavy atom. The monoisotopic (exact) mass is 361 g/mol. The standard InChI is InChI=1S/C20H11NO4S/c22-19-11-5-1-2-6-12(11)20(23)17-13(19)9-10-16-18(17)21-14-7-3-4-8-15(14)26(16,24)25/h1-10,21H. The van der Waals surface area contributed by atoms with Crippen LogP contribution in [0.15, 0.2) is 70.5 Å². The van der Waals surface area contributed by atoms with E-state index in [1.54, 1.807) is 42.5 Å². The molecule has 0 atom stereocenters. The van der Waals surface area contributed by atoms with Gasteiger partial charge in [-0.15, -0.1) is 0 Å². The van der Waals surface area contributed by atoms with Crippen LogP contribution in [0.5, 0.6) is 0 Å². The molecule has 1 heterocycles. The van der Waals surface area contributed by atoms with Gasteiger partial charge in [0.2, 0.25) is 9.84 Å². The number of anilines is 2. The van der Waals surface area contributed by atoms with Crippen LogP contribution in [0.1, 0.15) is 31.8 Å². The number of hydrogen-bond donors (Lipinski definition) is 1. The molecule has 0 bridgehead atoms. The van der Waals surface area contributed by atoms with E-state index in [4.69, 9.17) is 0 Å². The molecule has 0 saturated heterocycles. The number of sulfone groups is 1. The maximum Gasteiger partial charge on any atom is 0.210 e. The van der Waals surface area contributed by atoms with E-state index in [0.29, 0.717) is 11.3 Å². The van der Waals surface area contributed by atoms with E-state index in [-0.39, 0.29) is 43.7 Å². The minimum absolute atomic E-state index is 0.00970. The Labute approximate surface area is 149 Å². The van der Waals surface area contributed by atoms with Gasteiger partial charge in [-0.05, 0) is 24.3 Å². The molecule has 1 aliphatic heterocycles. The molecule has 0 unspecified atom stereocenters. The summed E-state index contributed by atoms with van der Waals surface area (Å²) in [4.78, 5) is 26.0. The van der Waals surface area contributed by atoms with E-state index in [1.165, 1.54) is 18.2 Å². The normalized spacial score (nSPS) is 16.0. The summed E-state index contributed by atoms with van der Waals surface area (Å²) in [5, 5.41) is 3.05. The Morgan fingerprint density at radius 3 is 2.08 bits per heavy atom. The second-order valence-electron chi connectivity index (χ2n) is 6.19. The fourth-order valence-electron chi connectivity index (χ4n) is 3.57. The van der Waals surface area contributed by atoms with Crippen molar-refractivity contribution in [2.24, 2.45) is 0 Å². The zero-order valence-electron chi connectivity index (χ0n) is 13.3. The fourth-order valence-corrected chi connectivity index (χ4v) is 5.15. The maximum absolute atomic E-state index is 13.1. The minimum Gasteiger partial charge on any atom is -0.353 e. The fraction of sp³-hybridized carbons (Fsp3) is 0. The molecule has 1 N–H and O–H groups in total. The number of benzene rings is 3. The summed E-state index contributed by atoms with van der Waals surface area (Å²) in [5.74, 6) is -0.634. The Kier molecular flexibility index (Phi) is 2.83. The molecule has 3 aromatic carbocycles. The van der Waals surface area contributed by atoms with Crippen molar-refractivity contribution in [3.63, 3.8) is 0 Å². The third-order valence-corrected chi connectivity index (χ3v) is 6.64. The highest BCUT2D eigenvalue weighted by molar-refractivity contribution is 7.92. The van der Waals surface area contributed by atoms with Gasteiger partial charge in [-0.3, -0.25) is 9.59 Å². The quantitative estimate of drug-likeness (QED) is 0.457. The lowest BCUT2D eigenvalue weighted by atomic mass is 9.83. The molecule has 6 heteroatoms. The van der Waals surface area contributed by atoms with E-state index in [9.17, 15) is 18.0 Å². The van der Waals surface area contributed by atoms with E-state index < -0.39 is 9.84 Å². The highest BCUT2D eigenvalue weighted by Crippen LogP contribution is 2.44. The first-order chi connectivity index (χ1) is 12.5. The molecule has 0 saturated carbocycles. The van der Waals surface area contributed by atoms with E-state index in [0.717, 1.165) is 0 Å². The van der Waals surface area contributed by atoms with Crippen LogP contribution in [0.2, 0.25) is 0 Å². The summed E-state index contributed by atoms with van der Waals surface area (Å²) in [7, 11) is -3.78. The predicted octanol–water partition coefficient (Wildman–Crippen LogP) is 3.35. The van der Waals surface area contributed by atoms with Crippen LogP contribution in [0.25, 0.3) is 0 Å². The number of hydrogen-bond acceptors (Lipinski definition) is 5. The van der Waals surface area contributed by atoms with Gasteiger partial charge in [0.15, 0.2) is 11.6 Å². The van der Waals surface area contributed by atoms with E-state index in [1.807, 2.05) is 0 Å². The highest BCUT2D eigenvalue weighted by atomic mass is 32.2. The molecule has 3 aromatic rings. The molecule has 0 fully saturated rings. The predicted molar refractivity (Wildman–Crippen MR) is 94.9 cm³/mol. The van der Waals surface area contributed by atoms with Crippen LogP contribution in [-0.4, -0.2) is 20.0 Å². The van der Waals surface area contributed by atoms with Gasteiger partial charge in [0, 0.05) is 16.7 Å². The van der Waals surface area contributed by atoms with Crippen LogP contribution < -0.4 is 5.32 Å². The molecule has 0 spiro atoms. The Morgan fingerprint density at radius 1 is 0.654 bits per heavy atom. The van der Waals surface area contributed by atoms with Crippen molar-refractivity contribution in [3.8, 4) is 0 Å². The smallest absolute Gasteiger partial charge is 0.210 e. The van der Waals surface area contributed by atoms with Crippen LogP contribution in [0.3, 0.4) is 0 Å². The van der Waals surface area contributed by atoms with Crippen LogP contribution >= 0.6 is 0 Å². The van der Waals surface area contributed by atoms with Crippen LogP contribution in [0, 0.1) is 0 Å². The molecule has 1 aliphatic carbocycles. The molecule has 0 radical (unpaired) electrons. The lowest BCUT2D eigenvalue weighted by molar-refractivity contribution is 0.0979. The maximum atomic E-state index is 13.1. The number of ketones is 2. The van der Waals surface area contributed by atoms with Crippen LogP contribution in [-0.2, 0) is 9.84 Å². The molecular weight excluding hydrogens is 350 g/mol. The van der Waals surface area contributed by atoms with Gasteiger partial charge in [0.25, 0.3) is 0 Å². The molecule has 0 amide bonds. The minimum atomic E-state index is -3.78. The van der Waals surface area contributed by atoms with Gasteiger partial charge in [-0.1, -0.05) is 36.4 Å². The van der Waals surface area contributed by atoms with Gasteiger partial charge in [-0.2, -0.15) is 0 Å². The van der Waals surface area contributed by atoms with Gasteiger partial charge in [-0.25, -0.2) is 8.42 Å². The lowest BCUT2D eigenvalue weighted by Crippen LogP contribution is -2.25. The summed E-state index contributed by atoms with van der Waals surface area (Å²) >= 11 is 0. The molecule has 26 heavy (non-hydrogen) atoms. The second kappa shape index (κ2) is 4.89. The summed E-state index contributed by atoms with van der Waals surface area (Å²) in [6, 6.07) is 15.9. The molecule has 2 aliphatic rings. The number of para-hydroxylation sites is 1. The van der Waals surface area contributed by atoms with Crippen molar-refractivity contribution in [2.45, 2.75) is 9.79 Å². The largest absolute Gasteiger partial charge is 0.353 e. The average molecular weight is 361 g/mol. The van der Waals surface area contributed by atoms with Crippen molar-refractivity contribution >= 4 is 32.8 Å². The summed E-state index contributed by atoms with van der Waals surface area (Å²) in [6.07, 6.45) is 0. The molecular formula is C20H11NO4S. The van der Waals surface area contributed by atoms with E-state index >= 15 is 0 Å². The van der Waals surface area contributed by atoms with Gasteiger partial charge in [0.1, 0.15) is 0 Å². The van der Waals surface area contributed by atoms with Gasteiger partial charge in [0.05, 0.1) is 26.7 Å². The van der Waals surface area contributed by atoms with Crippen molar-refractivity contribution in [2.75, 3.05) is 5.32 Å². The average Bonchev–Trinajstić information content (AvgIpc) is 2.65. The number of fused-ring (bicyclic) bond motifs is 5. The zero-order chi connectivity index (χ0) is 18.1. The topological polar surface area (TPSA) is 80.3 Å². The SMILES string of the molecule is O=C1c2ccccc2C(=O)c2c1ccc1c2Nc2ccccc2S1(=O)=O. The Bertz CT molecular complexity index is 1260. The summed E-state index contributed by atoms with van der Waals surface area (Å²) in [6.45, 7) is 0. The Hall–Kier alpha value is -3.25. The van der Waals surface area contributed by atoms with Gasteiger partial charge < -0.3 is 5.32 Å². The van der Waals surface area contributed by atoms with E-state index in [2.05, 4.69) is 5.32 Å². The number of carbonyl (C=O) groups is 2. The number of rotatable bonds is 0. The molecule has 0 aromatic heterocycles. The van der Waals surface area contributed by atoms with Crippen molar-refractivity contribution in [3.05, 3.63) is 82.9 Å². The molecule has 5 rings (SSSR count). The third-order valence-electron chi connectivity index (χ3n) is 4.78. The zero-order valence-corrected chi connectivity index (χ0v) is 14.1. The third kappa shape index (κ3) is 1.76. The number of nitrogens with one attached hydrogen (secondary N) is 1. The first kappa shape index (κ1) is 15.0. The molecule has 5 nitrogen and oxygen atoms in total. The number of carbonyl (C=O) groups excluding carboxylic acids is 2. The first-order valence-corrected chi connectivity index (χ1v) is 9.45. The van der Waals surface area contributed by atoms with Gasteiger partial charge >= 0.3 is 0 Å². The Balaban J connectivity index is 1.84. The van der Waals surface area contributed by atoms with Crippen molar-refractivity contribution < 1.29 is 18.0 Å². The first-order valence-electron chi connectivity index (χ1n) is 7.97. The van der Waals surface area contributed by atoms with Crippen LogP contribution in [0.4, 0.5) is 11.4 Å².